The van der Waals surface area contributed by atoms with Gasteiger partial charge in [-0.3, -0.25) is 14.4 Å². The Morgan fingerprint density at radius 1 is 0.396 bits per heavy atom. The highest BCUT2D eigenvalue weighted by molar-refractivity contribution is 5.71. The van der Waals surface area contributed by atoms with Crippen LogP contribution in [-0.4, -0.2) is 37.2 Å². The lowest BCUT2D eigenvalue weighted by Crippen LogP contribution is -2.30. The van der Waals surface area contributed by atoms with E-state index in [2.05, 4.69) is 32.9 Å². The van der Waals surface area contributed by atoms with Crippen molar-refractivity contribution in [1.29, 1.82) is 0 Å². The monoisotopic (exact) mass is 679 g/mol. The van der Waals surface area contributed by atoms with Crippen LogP contribution < -0.4 is 0 Å². The highest BCUT2D eigenvalue weighted by Gasteiger charge is 2.19. The van der Waals surface area contributed by atoms with Gasteiger partial charge in [-0.25, -0.2) is 0 Å². The van der Waals surface area contributed by atoms with Gasteiger partial charge in [0, 0.05) is 19.3 Å². The fourth-order valence-corrected chi connectivity index (χ4v) is 5.86. The van der Waals surface area contributed by atoms with E-state index in [9.17, 15) is 14.4 Å². The van der Waals surface area contributed by atoms with Crippen molar-refractivity contribution in [3.63, 3.8) is 0 Å². The molecule has 1 unspecified atom stereocenters. The maximum atomic E-state index is 12.6. The van der Waals surface area contributed by atoms with Gasteiger partial charge in [0.05, 0.1) is 0 Å². The summed E-state index contributed by atoms with van der Waals surface area (Å²) in [7, 11) is 0. The molecule has 0 bridgehead atoms. The number of allylic oxidation sites excluding steroid dienone is 2. The maximum Gasteiger partial charge on any atom is 0.306 e. The summed E-state index contributed by atoms with van der Waals surface area (Å²) in [6.45, 7) is 6.55. The van der Waals surface area contributed by atoms with Crippen molar-refractivity contribution in [2.24, 2.45) is 0 Å². The SMILES string of the molecule is CCCCCC/C=C\CCCC(=O)OCC(COC(=O)CCCCCCCCCCCCC)OC(=O)CCCCCCCCCCCC. The zero-order valence-electron chi connectivity index (χ0n) is 32.0. The van der Waals surface area contributed by atoms with E-state index in [0.29, 0.717) is 19.3 Å². The molecule has 0 aliphatic carbocycles. The molecular weight excluding hydrogens is 600 g/mol. The highest BCUT2D eigenvalue weighted by Crippen LogP contribution is 2.14. The molecule has 0 heterocycles. The summed E-state index contributed by atoms with van der Waals surface area (Å²) in [5, 5.41) is 0. The first-order chi connectivity index (χ1) is 23.5. The van der Waals surface area contributed by atoms with E-state index in [1.165, 1.54) is 122 Å². The molecule has 0 rings (SSSR count). The van der Waals surface area contributed by atoms with E-state index in [0.717, 1.165) is 57.8 Å². The number of carbonyl (C=O) groups is 3. The summed E-state index contributed by atoms with van der Waals surface area (Å²) in [6, 6.07) is 0. The summed E-state index contributed by atoms with van der Waals surface area (Å²) >= 11 is 0. The summed E-state index contributed by atoms with van der Waals surface area (Å²) in [5.41, 5.74) is 0. The molecule has 48 heavy (non-hydrogen) atoms. The third-order valence-electron chi connectivity index (χ3n) is 9.02. The second kappa shape index (κ2) is 38.0. The number of unbranched alkanes of at least 4 members (excludes halogenated alkanes) is 24. The first-order valence-corrected chi connectivity index (χ1v) is 20.7. The van der Waals surface area contributed by atoms with Gasteiger partial charge in [0.15, 0.2) is 6.10 Å². The third kappa shape index (κ3) is 35.5. The Morgan fingerprint density at radius 3 is 1.12 bits per heavy atom. The predicted octanol–water partition coefficient (Wildman–Crippen LogP) is 12.7. The molecule has 0 fully saturated rings. The molecule has 0 aromatic heterocycles. The van der Waals surface area contributed by atoms with Crippen LogP contribution >= 0.6 is 0 Å². The number of esters is 3. The van der Waals surface area contributed by atoms with Crippen LogP contribution in [0.4, 0.5) is 0 Å². The Kier molecular flexibility index (Phi) is 36.5. The Morgan fingerprint density at radius 2 is 0.708 bits per heavy atom. The molecule has 1 atom stereocenters. The fourth-order valence-electron chi connectivity index (χ4n) is 5.86. The molecule has 0 saturated carbocycles. The van der Waals surface area contributed by atoms with E-state index in [4.69, 9.17) is 14.2 Å². The van der Waals surface area contributed by atoms with E-state index < -0.39 is 6.10 Å². The Bertz CT molecular complexity index is 748. The van der Waals surface area contributed by atoms with Crippen LogP contribution in [0.1, 0.15) is 220 Å². The first-order valence-electron chi connectivity index (χ1n) is 20.7. The van der Waals surface area contributed by atoms with E-state index in [1.807, 2.05) is 0 Å². The second-order valence-corrected chi connectivity index (χ2v) is 13.9. The standard InChI is InChI=1S/C42H78O6/c1-4-7-10-13-16-19-21-24-26-29-32-35-41(44)47-38-39(37-46-40(43)34-31-28-25-22-18-15-12-9-6-3)48-42(45)36-33-30-27-23-20-17-14-11-8-5-2/h22,25,39H,4-21,23-24,26-38H2,1-3H3/b25-22-. The van der Waals surface area contributed by atoms with Crippen LogP contribution in [0.5, 0.6) is 0 Å². The molecule has 6 nitrogen and oxygen atoms in total. The van der Waals surface area contributed by atoms with Gasteiger partial charge < -0.3 is 14.2 Å². The van der Waals surface area contributed by atoms with Crippen molar-refractivity contribution in [1.82, 2.24) is 0 Å². The number of rotatable bonds is 37. The minimum absolute atomic E-state index is 0.0747. The molecular formula is C42H78O6. The highest BCUT2D eigenvalue weighted by atomic mass is 16.6. The van der Waals surface area contributed by atoms with Gasteiger partial charge in [-0.15, -0.1) is 0 Å². The maximum absolute atomic E-state index is 12.6. The number of ether oxygens (including phenoxy) is 3. The first kappa shape index (κ1) is 46.1. The van der Waals surface area contributed by atoms with Crippen LogP contribution in [0.25, 0.3) is 0 Å². The van der Waals surface area contributed by atoms with E-state index >= 15 is 0 Å². The molecule has 0 spiro atoms. The third-order valence-corrected chi connectivity index (χ3v) is 9.02. The number of carbonyl (C=O) groups excluding carboxylic acids is 3. The van der Waals surface area contributed by atoms with Gasteiger partial charge in [-0.05, 0) is 38.5 Å². The molecule has 0 aromatic rings. The summed E-state index contributed by atoms with van der Waals surface area (Å²) in [4.78, 5) is 37.4. The molecule has 0 radical (unpaired) electrons. The van der Waals surface area contributed by atoms with Crippen molar-refractivity contribution in [2.45, 2.75) is 226 Å². The van der Waals surface area contributed by atoms with E-state index in [-0.39, 0.29) is 31.1 Å². The van der Waals surface area contributed by atoms with Crippen LogP contribution in [0.15, 0.2) is 12.2 Å². The van der Waals surface area contributed by atoms with Crippen molar-refractivity contribution in [3.8, 4) is 0 Å². The average molecular weight is 679 g/mol. The Balaban J connectivity index is 4.37. The zero-order valence-corrected chi connectivity index (χ0v) is 32.0. The van der Waals surface area contributed by atoms with Crippen molar-refractivity contribution in [2.75, 3.05) is 13.2 Å². The molecule has 0 aromatic carbocycles. The summed E-state index contributed by atoms with van der Waals surface area (Å²) in [6.07, 6.45) is 37.7. The Hall–Kier alpha value is -1.85. The van der Waals surface area contributed by atoms with Crippen molar-refractivity contribution in [3.05, 3.63) is 12.2 Å². The topological polar surface area (TPSA) is 78.9 Å². The molecule has 0 saturated heterocycles. The quantitative estimate of drug-likeness (QED) is 0.0282. The van der Waals surface area contributed by atoms with Crippen molar-refractivity contribution >= 4 is 17.9 Å². The Labute approximate surface area is 297 Å². The molecule has 282 valence electrons. The van der Waals surface area contributed by atoms with Gasteiger partial charge in [0.1, 0.15) is 13.2 Å². The van der Waals surface area contributed by atoms with E-state index in [1.54, 1.807) is 0 Å². The van der Waals surface area contributed by atoms with Gasteiger partial charge in [0.2, 0.25) is 0 Å². The normalized spacial score (nSPS) is 12.0. The molecule has 0 N–H and O–H groups in total. The largest absolute Gasteiger partial charge is 0.462 e. The van der Waals surface area contributed by atoms with Crippen LogP contribution in [0.3, 0.4) is 0 Å². The minimum atomic E-state index is -0.770. The average Bonchev–Trinajstić information content (AvgIpc) is 3.08. The second-order valence-electron chi connectivity index (χ2n) is 13.9. The molecule has 6 heteroatoms. The lowest BCUT2D eigenvalue weighted by molar-refractivity contribution is -0.167. The molecule has 0 amide bonds. The van der Waals surface area contributed by atoms with Crippen LogP contribution in [0, 0.1) is 0 Å². The lowest BCUT2D eigenvalue weighted by atomic mass is 10.1. The smallest absolute Gasteiger partial charge is 0.306 e. The van der Waals surface area contributed by atoms with Gasteiger partial charge in [-0.1, -0.05) is 174 Å². The fraction of sp³-hybridized carbons (Fsp3) is 0.881. The summed E-state index contributed by atoms with van der Waals surface area (Å²) in [5.74, 6) is -0.912. The lowest BCUT2D eigenvalue weighted by Gasteiger charge is -2.18. The molecule has 0 aliphatic rings. The van der Waals surface area contributed by atoms with Gasteiger partial charge in [0.25, 0.3) is 0 Å². The number of hydrogen-bond donors (Lipinski definition) is 0. The van der Waals surface area contributed by atoms with Crippen LogP contribution in [0.2, 0.25) is 0 Å². The van der Waals surface area contributed by atoms with Crippen molar-refractivity contribution < 1.29 is 28.6 Å². The number of hydrogen-bond acceptors (Lipinski definition) is 6. The van der Waals surface area contributed by atoms with Gasteiger partial charge in [-0.2, -0.15) is 0 Å². The molecule has 0 aliphatic heterocycles. The zero-order chi connectivity index (χ0) is 35.2. The summed E-state index contributed by atoms with van der Waals surface area (Å²) < 4.78 is 16.6. The van der Waals surface area contributed by atoms with Gasteiger partial charge >= 0.3 is 17.9 Å². The minimum Gasteiger partial charge on any atom is -0.462 e. The van der Waals surface area contributed by atoms with Crippen LogP contribution in [-0.2, 0) is 28.6 Å². The predicted molar refractivity (Wildman–Crippen MR) is 201 cm³/mol.